The van der Waals surface area contributed by atoms with E-state index < -0.39 is 29.6 Å². The number of nitrogens with zero attached hydrogens (tertiary/aromatic N) is 1. The van der Waals surface area contributed by atoms with Crippen molar-refractivity contribution in [2.24, 2.45) is 0 Å². The van der Waals surface area contributed by atoms with E-state index in [2.05, 4.69) is 20.6 Å². The minimum absolute atomic E-state index is 0.104. The van der Waals surface area contributed by atoms with E-state index >= 15 is 0 Å². The van der Waals surface area contributed by atoms with Gasteiger partial charge in [-0.25, -0.2) is 14.6 Å². The van der Waals surface area contributed by atoms with Gasteiger partial charge in [0, 0.05) is 17.0 Å². The van der Waals surface area contributed by atoms with Gasteiger partial charge in [0.05, 0.1) is 11.0 Å². The average molecular weight is 459 g/mol. The standard InChI is InChI=1S/C22H23ClN4O5/c1-22(2,3)32-21(31)27-20-25-15-9-6-13(11-16(15)26-20)18(28)24-17(19(29)30)10-12-4-7-14(23)8-5-12/h4-9,11,17H,10H2,1-3H3,(H,24,28)(H,29,30)(H2,25,26,27,31). The van der Waals surface area contributed by atoms with Gasteiger partial charge in [0.15, 0.2) is 0 Å². The first kappa shape index (κ1) is 23.1. The topological polar surface area (TPSA) is 133 Å². The number of anilines is 1. The summed E-state index contributed by atoms with van der Waals surface area (Å²) in [5, 5.41) is 15.1. The highest BCUT2D eigenvalue weighted by molar-refractivity contribution is 6.30. The molecule has 0 saturated carbocycles. The number of hydrogen-bond acceptors (Lipinski definition) is 5. The van der Waals surface area contributed by atoms with Crippen molar-refractivity contribution < 1.29 is 24.2 Å². The van der Waals surface area contributed by atoms with Gasteiger partial charge < -0.3 is 20.1 Å². The summed E-state index contributed by atoms with van der Waals surface area (Å²) >= 11 is 5.86. The second-order valence-electron chi connectivity index (χ2n) is 8.14. The maximum Gasteiger partial charge on any atom is 0.414 e. The minimum Gasteiger partial charge on any atom is -0.480 e. The number of imidazole rings is 1. The first-order valence-electron chi connectivity index (χ1n) is 9.78. The number of aliphatic carboxylic acids is 1. The largest absolute Gasteiger partial charge is 0.480 e. The number of rotatable bonds is 6. The van der Waals surface area contributed by atoms with Crippen LogP contribution in [-0.4, -0.2) is 44.7 Å². The predicted molar refractivity (Wildman–Crippen MR) is 120 cm³/mol. The number of amides is 2. The van der Waals surface area contributed by atoms with Crippen LogP contribution < -0.4 is 10.6 Å². The molecule has 1 atom stereocenters. The third-order valence-electron chi connectivity index (χ3n) is 4.32. The summed E-state index contributed by atoms with van der Waals surface area (Å²) in [6.07, 6.45) is -0.562. The highest BCUT2D eigenvalue weighted by atomic mass is 35.5. The molecule has 0 aliphatic rings. The maximum absolute atomic E-state index is 12.7. The molecule has 0 radical (unpaired) electrons. The van der Waals surface area contributed by atoms with Crippen LogP contribution in [0.2, 0.25) is 5.02 Å². The van der Waals surface area contributed by atoms with Gasteiger partial charge in [-0.15, -0.1) is 0 Å². The van der Waals surface area contributed by atoms with E-state index in [9.17, 15) is 19.5 Å². The monoisotopic (exact) mass is 458 g/mol. The van der Waals surface area contributed by atoms with Gasteiger partial charge in [-0.1, -0.05) is 23.7 Å². The Labute approximate surface area is 189 Å². The Bertz CT molecular complexity index is 1150. The Morgan fingerprint density at radius 2 is 1.84 bits per heavy atom. The van der Waals surface area contributed by atoms with Crippen LogP contribution in [0.25, 0.3) is 11.0 Å². The summed E-state index contributed by atoms with van der Waals surface area (Å²) in [7, 11) is 0. The van der Waals surface area contributed by atoms with E-state index in [0.717, 1.165) is 5.56 Å². The van der Waals surface area contributed by atoms with Crippen LogP contribution in [0.4, 0.5) is 10.7 Å². The normalized spacial score (nSPS) is 12.2. The molecule has 2 amide bonds. The van der Waals surface area contributed by atoms with Crippen molar-refractivity contribution in [2.45, 2.75) is 38.8 Å². The quantitative estimate of drug-likeness (QED) is 0.441. The lowest BCUT2D eigenvalue weighted by molar-refractivity contribution is -0.139. The predicted octanol–water partition coefficient (Wildman–Crippen LogP) is 3.99. The van der Waals surface area contributed by atoms with Gasteiger partial charge in [0.1, 0.15) is 11.6 Å². The van der Waals surface area contributed by atoms with Crippen LogP contribution in [0, 0.1) is 0 Å². The number of H-pyrrole nitrogens is 1. The van der Waals surface area contributed by atoms with E-state index in [1.165, 1.54) is 12.1 Å². The van der Waals surface area contributed by atoms with Gasteiger partial charge in [0.2, 0.25) is 5.95 Å². The number of carbonyl (C=O) groups is 3. The van der Waals surface area contributed by atoms with Gasteiger partial charge in [0.25, 0.3) is 5.91 Å². The molecule has 9 nitrogen and oxygen atoms in total. The Morgan fingerprint density at radius 1 is 1.16 bits per heavy atom. The number of carboxylic acids is 1. The molecule has 32 heavy (non-hydrogen) atoms. The number of nitrogens with one attached hydrogen (secondary N) is 3. The van der Waals surface area contributed by atoms with Crippen LogP contribution in [0.3, 0.4) is 0 Å². The fraction of sp³-hybridized carbons (Fsp3) is 0.273. The number of fused-ring (bicyclic) bond motifs is 1. The summed E-state index contributed by atoms with van der Waals surface area (Å²) in [5.74, 6) is -1.55. The van der Waals surface area contributed by atoms with Crippen LogP contribution in [0.5, 0.6) is 0 Å². The summed E-state index contributed by atoms with van der Waals surface area (Å²) < 4.78 is 5.18. The number of aromatic nitrogens is 2. The number of benzene rings is 2. The van der Waals surface area contributed by atoms with Crippen molar-refractivity contribution in [3.63, 3.8) is 0 Å². The third kappa shape index (κ3) is 6.21. The van der Waals surface area contributed by atoms with E-state index in [4.69, 9.17) is 16.3 Å². The first-order valence-corrected chi connectivity index (χ1v) is 10.2. The van der Waals surface area contributed by atoms with Gasteiger partial charge in [-0.05, 0) is 56.7 Å². The Morgan fingerprint density at radius 3 is 2.47 bits per heavy atom. The number of aromatic amines is 1. The Balaban J connectivity index is 1.71. The van der Waals surface area contributed by atoms with Crippen LogP contribution in [0.1, 0.15) is 36.7 Å². The molecule has 4 N–H and O–H groups in total. The van der Waals surface area contributed by atoms with Crippen molar-refractivity contribution in [3.05, 3.63) is 58.6 Å². The summed E-state index contributed by atoms with van der Waals surface area (Å²) in [5.41, 5.74) is 1.31. The fourth-order valence-electron chi connectivity index (χ4n) is 2.90. The van der Waals surface area contributed by atoms with Crippen molar-refractivity contribution in [1.82, 2.24) is 15.3 Å². The second-order valence-corrected chi connectivity index (χ2v) is 8.58. The zero-order chi connectivity index (χ0) is 23.5. The molecule has 10 heteroatoms. The lowest BCUT2D eigenvalue weighted by atomic mass is 10.1. The van der Waals surface area contributed by atoms with E-state index in [0.29, 0.717) is 16.1 Å². The van der Waals surface area contributed by atoms with Crippen molar-refractivity contribution in [2.75, 3.05) is 5.32 Å². The number of carbonyl (C=O) groups excluding carboxylic acids is 2. The van der Waals surface area contributed by atoms with Crippen molar-refractivity contribution in [1.29, 1.82) is 0 Å². The Hall–Kier alpha value is -3.59. The molecular weight excluding hydrogens is 436 g/mol. The lowest BCUT2D eigenvalue weighted by Gasteiger charge is -2.18. The zero-order valence-electron chi connectivity index (χ0n) is 17.7. The molecule has 0 bridgehead atoms. The first-order chi connectivity index (χ1) is 15.0. The number of ether oxygens (including phenoxy) is 1. The average Bonchev–Trinajstić information content (AvgIpc) is 3.08. The molecule has 2 aromatic carbocycles. The highest BCUT2D eigenvalue weighted by Gasteiger charge is 2.22. The molecule has 3 rings (SSSR count). The minimum atomic E-state index is -1.15. The second kappa shape index (κ2) is 9.27. The SMILES string of the molecule is CC(C)(C)OC(=O)Nc1nc2cc(C(=O)NC(Cc3ccc(Cl)cc3)C(=O)O)ccc2[nH]1. The molecule has 0 aliphatic carbocycles. The smallest absolute Gasteiger partial charge is 0.414 e. The lowest BCUT2D eigenvalue weighted by Crippen LogP contribution is -2.42. The molecular formula is C22H23ClN4O5. The van der Waals surface area contributed by atoms with Gasteiger partial charge in [-0.2, -0.15) is 0 Å². The Kier molecular flexibility index (Phi) is 6.69. The van der Waals surface area contributed by atoms with E-state index in [-0.39, 0.29) is 17.9 Å². The molecule has 0 spiro atoms. The maximum atomic E-state index is 12.7. The summed E-state index contributed by atoms with van der Waals surface area (Å²) in [6.45, 7) is 5.23. The van der Waals surface area contributed by atoms with Crippen molar-refractivity contribution >= 4 is 46.6 Å². The van der Waals surface area contributed by atoms with Gasteiger partial charge >= 0.3 is 12.1 Å². The highest BCUT2D eigenvalue weighted by Crippen LogP contribution is 2.18. The fourth-order valence-corrected chi connectivity index (χ4v) is 3.03. The molecule has 1 heterocycles. The third-order valence-corrected chi connectivity index (χ3v) is 4.57. The summed E-state index contributed by atoms with van der Waals surface area (Å²) in [4.78, 5) is 43.4. The molecule has 1 unspecified atom stereocenters. The van der Waals surface area contributed by atoms with Crippen LogP contribution in [0.15, 0.2) is 42.5 Å². The van der Waals surface area contributed by atoms with Gasteiger partial charge in [-0.3, -0.25) is 10.1 Å². The van der Waals surface area contributed by atoms with E-state index in [1.54, 1.807) is 51.1 Å². The molecule has 0 aliphatic heterocycles. The number of hydrogen-bond donors (Lipinski definition) is 4. The molecule has 3 aromatic rings. The molecule has 0 fully saturated rings. The van der Waals surface area contributed by atoms with E-state index in [1.807, 2.05) is 0 Å². The number of carboxylic acid groups (broad SMARTS) is 1. The zero-order valence-corrected chi connectivity index (χ0v) is 18.5. The molecule has 0 saturated heterocycles. The van der Waals surface area contributed by atoms with Crippen LogP contribution >= 0.6 is 11.6 Å². The van der Waals surface area contributed by atoms with Crippen molar-refractivity contribution in [3.8, 4) is 0 Å². The summed E-state index contributed by atoms with van der Waals surface area (Å²) in [6, 6.07) is 10.3. The number of halogens is 1. The molecule has 1 aromatic heterocycles. The van der Waals surface area contributed by atoms with Crippen LogP contribution in [-0.2, 0) is 16.0 Å². The molecule has 168 valence electrons.